The predicted molar refractivity (Wildman–Crippen MR) is 106 cm³/mol. The Morgan fingerprint density at radius 2 is 1.96 bits per heavy atom. The van der Waals surface area contributed by atoms with E-state index in [1.165, 1.54) is 43.2 Å². The first-order valence-electron chi connectivity index (χ1n) is 11.1. The van der Waals surface area contributed by atoms with E-state index in [1.54, 1.807) is 0 Å². The molecule has 0 unspecified atom stereocenters. The number of nitrogens with one attached hydrogen (secondary N) is 1. The average Bonchev–Trinajstić information content (AvgIpc) is 3.21. The quantitative estimate of drug-likeness (QED) is 0.612. The maximum Gasteiger partial charge on any atom is 0.511 e. The Kier molecular flexibility index (Phi) is 4.95. The Labute approximate surface area is 167 Å². The van der Waals surface area contributed by atoms with Gasteiger partial charge in [0, 0.05) is 11.5 Å². The predicted octanol–water partition coefficient (Wildman–Crippen LogP) is 4.46. The maximum atomic E-state index is 11.8. The van der Waals surface area contributed by atoms with E-state index in [0.717, 1.165) is 50.3 Å². The van der Waals surface area contributed by atoms with Crippen molar-refractivity contribution in [2.45, 2.75) is 81.8 Å². The van der Waals surface area contributed by atoms with E-state index < -0.39 is 6.16 Å². The molecule has 0 amide bonds. The van der Waals surface area contributed by atoms with Crippen molar-refractivity contribution in [3.63, 3.8) is 0 Å². The van der Waals surface area contributed by atoms with E-state index >= 15 is 0 Å². The van der Waals surface area contributed by atoms with Gasteiger partial charge in [-0.25, -0.2) is 4.79 Å². The smallest absolute Gasteiger partial charge is 0.457 e. The zero-order chi connectivity index (χ0) is 19.0. The molecule has 2 saturated carbocycles. The molecule has 1 aliphatic heterocycles. The van der Waals surface area contributed by atoms with Gasteiger partial charge in [-0.1, -0.05) is 18.9 Å². The standard InChI is InChI=1S/C23H31NO4/c25-22(28-17-5-1-2-6-17)27-15-26-18-9-8-16-13-21-19-7-3-4-10-23(19,11-12-24-21)20(16)14-18/h8-9,14,17,19,21,24H,1-7,10-13,15H2/t19-,21-,23+/m1/s1. The number of carbonyl (C=O) groups excluding carboxylic acids is 1. The summed E-state index contributed by atoms with van der Waals surface area (Å²) >= 11 is 0. The van der Waals surface area contributed by atoms with E-state index in [9.17, 15) is 4.79 Å². The lowest BCUT2D eigenvalue weighted by molar-refractivity contribution is -0.0138. The van der Waals surface area contributed by atoms with E-state index in [1.807, 2.05) is 6.07 Å². The summed E-state index contributed by atoms with van der Waals surface area (Å²) in [4.78, 5) is 11.8. The van der Waals surface area contributed by atoms with Crippen molar-refractivity contribution < 1.29 is 19.0 Å². The molecule has 4 aliphatic rings. The third kappa shape index (κ3) is 3.28. The number of carbonyl (C=O) groups is 1. The van der Waals surface area contributed by atoms with Crippen LogP contribution in [0, 0.1) is 5.92 Å². The highest BCUT2D eigenvalue weighted by Gasteiger charge is 2.51. The fraction of sp³-hybridized carbons (Fsp3) is 0.696. The first-order valence-corrected chi connectivity index (χ1v) is 11.1. The molecule has 2 bridgehead atoms. The summed E-state index contributed by atoms with van der Waals surface area (Å²) in [5.41, 5.74) is 3.26. The van der Waals surface area contributed by atoms with Gasteiger partial charge in [0.1, 0.15) is 11.9 Å². The molecule has 1 aromatic rings. The van der Waals surface area contributed by atoms with Crippen molar-refractivity contribution in [3.05, 3.63) is 29.3 Å². The normalized spacial score (nSPS) is 31.6. The molecule has 5 heteroatoms. The summed E-state index contributed by atoms with van der Waals surface area (Å²) in [5, 5.41) is 3.77. The zero-order valence-corrected chi connectivity index (χ0v) is 16.6. The van der Waals surface area contributed by atoms with E-state index in [4.69, 9.17) is 14.2 Å². The number of ether oxygens (including phenoxy) is 3. The fourth-order valence-electron chi connectivity index (χ4n) is 6.32. The molecule has 5 nitrogen and oxygen atoms in total. The van der Waals surface area contributed by atoms with Crippen LogP contribution in [0.5, 0.6) is 5.75 Å². The highest BCUT2D eigenvalue weighted by Crippen LogP contribution is 2.54. The van der Waals surface area contributed by atoms with Crippen molar-refractivity contribution >= 4 is 6.16 Å². The molecular formula is C23H31NO4. The molecule has 1 aromatic carbocycles. The molecule has 1 saturated heterocycles. The third-order valence-corrected chi connectivity index (χ3v) is 7.59. The van der Waals surface area contributed by atoms with Crippen molar-refractivity contribution in [1.82, 2.24) is 5.32 Å². The van der Waals surface area contributed by atoms with Crippen molar-refractivity contribution in [2.75, 3.05) is 13.3 Å². The Bertz CT molecular complexity index is 725. The highest BCUT2D eigenvalue weighted by atomic mass is 16.8. The van der Waals surface area contributed by atoms with Gasteiger partial charge in [-0.2, -0.15) is 0 Å². The Hall–Kier alpha value is -1.75. The zero-order valence-electron chi connectivity index (χ0n) is 16.6. The molecule has 3 aliphatic carbocycles. The van der Waals surface area contributed by atoms with Crippen LogP contribution in [0.3, 0.4) is 0 Å². The van der Waals surface area contributed by atoms with Gasteiger partial charge in [-0.3, -0.25) is 0 Å². The van der Waals surface area contributed by atoms with Crippen LogP contribution in [0.1, 0.15) is 68.9 Å². The van der Waals surface area contributed by atoms with Crippen molar-refractivity contribution in [2.24, 2.45) is 5.92 Å². The number of rotatable bonds is 4. The molecular weight excluding hydrogens is 354 g/mol. The highest BCUT2D eigenvalue weighted by molar-refractivity contribution is 5.60. The Morgan fingerprint density at radius 1 is 1.11 bits per heavy atom. The Morgan fingerprint density at radius 3 is 2.86 bits per heavy atom. The minimum absolute atomic E-state index is 0.0198. The topological polar surface area (TPSA) is 56.8 Å². The minimum atomic E-state index is -0.614. The van der Waals surface area contributed by atoms with Crippen LogP contribution in [0.15, 0.2) is 18.2 Å². The number of fused-ring (bicyclic) bond motifs is 1. The molecule has 1 N–H and O–H groups in total. The van der Waals surface area contributed by atoms with Gasteiger partial charge in [-0.05, 0) is 87.1 Å². The monoisotopic (exact) mass is 385 g/mol. The van der Waals surface area contributed by atoms with Crippen LogP contribution in [-0.4, -0.2) is 31.6 Å². The minimum Gasteiger partial charge on any atom is -0.457 e. The summed E-state index contributed by atoms with van der Waals surface area (Å²) in [6, 6.07) is 7.08. The molecule has 28 heavy (non-hydrogen) atoms. The second-order valence-corrected chi connectivity index (χ2v) is 9.02. The second-order valence-electron chi connectivity index (χ2n) is 9.02. The summed E-state index contributed by atoms with van der Waals surface area (Å²) in [6.45, 7) is 1.02. The first kappa shape index (κ1) is 18.3. The molecule has 152 valence electrons. The molecule has 0 spiro atoms. The van der Waals surface area contributed by atoms with Crippen LogP contribution >= 0.6 is 0 Å². The largest absolute Gasteiger partial charge is 0.511 e. The molecule has 3 fully saturated rings. The SMILES string of the molecule is O=C(OCOc1ccc2c(c1)[C@]13CCCC[C@@H]1[C@@H](C2)NCC3)OC1CCCC1. The van der Waals surface area contributed by atoms with Crippen molar-refractivity contribution in [3.8, 4) is 5.75 Å². The van der Waals surface area contributed by atoms with Crippen LogP contribution in [-0.2, 0) is 21.3 Å². The lowest BCUT2D eigenvalue weighted by atomic mass is 9.53. The summed E-state index contributed by atoms with van der Waals surface area (Å²) < 4.78 is 16.2. The van der Waals surface area contributed by atoms with Gasteiger partial charge >= 0.3 is 6.16 Å². The van der Waals surface area contributed by atoms with Crippen LogP contribution in [0.25, 0.3) is 0 Å². The van der Waals surface area contributed by atoms with E-state index in [-0.39, 0.29) is 12.9 Å². The average molecular weight is 386 g/mol. The fourth-order valence-corrected chi connectivity index (χ4v) is 6.32. The van der Waals surface area contributed by atoms with Gasteiger partial charge in [-0.15, -0.1) is 0 Å². The van der Waals surface area contributed by atoms with Crippen LogP contribution in [0.4, 0.5) is 4.79 Å². The lowest BCUT2D eigenvalue weighted by Gasteiger charge is -2.56. The number of hydrogen-bond acceptors (Lipinski definition) is 5. The second kappa shape index (κ2) is 7.58. The van der Waals surface area contributed by atoms with Crippen LogP contribution in [0.2, 0.25) is 0 Å². The number of hydrogen-bond donors (Lipinski definition) is 1. The van der Waals surface area contributed by atoms with Gasteiger partial charge in [0.2, 0.25) is 6.79 Å². The maximum absolute atomic E-state index is 11.8. The molecule has 0 aromatic heterocycles. The molecule has 3 atom stereocenters. The van der Waals surface area contributed by atoms with E-state index in [0.29, 0.717) is 11.5 Å². The third-order valence-electron chi connectivity index (χ3n) is 7.59. The first-order chi connectivity index (χ1) is 13.7. The Balaban J connectivity index is 1.26. The number of benzene rings is 1. The molecule has 0 radical (unpaired) electrons. The molecule has 1 heterocycles. The van der Waals surface area contributed by atoms with Gasteiger partial charge < -0.3 is 19.5 Å². The van der Waals surface area contributed by atoms with Gasteiger partial charge in [0.05, 0.1) is 0 Å². The van der Waals surface area contributed by atoms with E-state index in [2.05, 4.69) is 17.4 Å². The summed E-state index contributed by atoms with van der Waals surface area (Å²) in [6.07, 6.45) is 11.2. The van der Waals surface area contributed by atoms with Crippen molar-refractivity contribution in [1.29, 1.82) is 0 Å². The van der Waals surface area contributed by atoms with Gasteiger partial charge in [0.25, 0.3) is 0 Å². The summed E-state index contributed by atoms with van der Waals surface area (Å²) in [5.74, 6) is 1.54. The van der Waals surface area contributed by atoms with Gasteiger partial charge in [0.15, 0.2) is 0 Å². The lowest BCUT2D eigenvalue weighted by Crippen LogP contribution is -2.59. The van der Waals surface area contributed by atoms with Crippen LogP contribution < -0.4 is 10.1 Å². The number of piperidine rings is 1. The molecule has 5 rings (SSSR count). The summed E-state index contributed by atoms with van der Waals surface area (Å²) in [7, 11) is 0.